The van der Waals surface area contributed by atoms with Crippen LogP contribution < -0.4 is 65.5 Å². The topological polar surface area (TPSA) is 446 Å². The molecule has 0 spiro atoms. The minimum Gasteiger partial charge on any atom is -0.481 e. The second kappa shape index (κ2) is 33.3. The lowest BCUT2D eigenvalue weighted by Gasteiger charge is -2.30. The first-order valence-corrected chi connectivity index (χ1v) is 24.4. The molecule has 0 heterocycles. The highest BCUT2D eigenvalue weighted by molar-refractivity contribution is 5.98. The summed E-state index contributed by atoms with van der Waals surface area (Å²) < 4.78 is 0. The Morgan fingerprint density at radius 3 is 1.32 bits per heavy atom. The van der Waals surface area contributed by atoms with Crippen LogP contribution >= 0.6 is 0 Å². The summed E-state index contributed by atoms with van der Waals surface area (Å²) >= 11 is 0. The van der Waals surface area contributed by atoms with E-state index in [1.54, 1.807) is 55.4 Å². The van der Waals surface area contributed by atoms with E-state index in [1.807, 2.05) is 0 Å². The fraction of sp³-hybridized carbons (Fsp3) is 0.739. The average molecular weight is 1030 g/mol. The van der Waals surface area contributed by atoms with Gasteiger partial charge in [0.15, 0.2) is 0 Å². The van der Waals surface area contributed by atoms with Crippen molar-refractivity contribution in [2.24, 2.45) is 46.6 Å². The van der Waals surface area contributed by atoms with Gasteiger partial charge in [-0.25, -0.2) is 4.79 Å². The molecule has 0 radical (unpaired) electrons. The largest absolute Gasteiger partial charge is 0.481 e. The Kier molecular flexibility index (Phi) is 30.3. The third-order valence-electron chi connectivity index (χ3n) is 11.6. The highest BCUT2D eigenvalue weighted by atomic mass is 16.4. The number of carboxylic acids is 2. The lowest BCUT2D eigenvalue weighted by molar-refractivity contribution is -0.144. The maximum absolute atomic E-state index is 14.0. The number of hydrogen-bond donors (Lipinski definition) is 14. The number of unbranched alkanes of at least 4 members (excludes halogenated alkanes) is 1. The van der Waals surface area contributed by atoms with Crippen molar-refractivity contribution in [1.82, 2.24) is 42.5 Å². The molecular weight excluding hydrogens is 945 g/mol. The number of nitrogens with two attached hydrogens (primary N) is 4. The summed E-state index contributed by atoms with van der Waals surface area (Å²) in [6.45, 7) is 14.7. The first kappa shape index (κ1) is 65.6. The van der Waals surface area contributed by atoms with Gasteiger partial charge in [0.05, 0.1) is 6.04 Å². The molecule has 10 amide bonds. The van der Waals surface area contributed by atoms with Crippen LogP contribution in [-0.4, -0.2) is 142 Å². The van der Waals surface area contributed by atoms with Gasteiger partial charge >= 0.3 is 11.9 Å². The normalized spacial score (nSPS) is 15.4. The van der Waals surface area contributed by atoms with E-state index in [1.165, 1.54) is 6.92 Å². The van der Waals surface area contributed by atoms with Crippen LogP contribution in [0.1, 0.15) is 133 Å². The smallest absolute Gasteiger partial charge is 0.326 e. The quantitative estimate of drug-likeness (QED) is 0.0283. The van der Waals surface area contributed by atoms with Crippen molar-refractivity contribution in [3.05, 3.63) is 0 Å². The van der Waals surface area contributed by atoms with Gasteiger partial charge in [0.1, 0.15) is 48.3 Å². The highest BCUT2D eigenvalue weighted by Gasteiger charge is 2.37. The van der Waals surface area contributed by atoms with Crippen molar-refractivity contribution >= 4 is 71.0 Å². The third kappa shape index (κ3) is 25.1. The molecule has 0 aromatic rings. The van der Waals surface area contributed by atoms with E-state index in [2.05, 4.69) is 42.5 Å². The van der Waals surface area contributed by atoms with Crippen LogP contribution in [0.15, 0.2) is 0 Å². The molecule has 0 saturated carbocycles. The summed E-state index contributed by atoms with van der Waals surface area (Å²) in [4.78, 5) is 155. The minimum atomic E-state index is -1.57. The van der Waals surface area contributed by atoms with Crippen LogP contribution in [0.2, 0.25) is 0 Å². The molecule has 72 heavy (non-hydrogen) atoms. The van der Waals surface area contributed by atoms with Crippen LogP contribution in [-0.2, 0) is 57.5 Å². The Bertz CT molecular complexity index is 1880. The molecular formula is C46H82N12O14. The van der Waals surface area contributed by atoms with E-state index in [9.17, 15) is 67.7 Å². The van der Waals surface area contributed by atoms with Crippen molar-refractivity contribution in [3.63, 3.8) is 0 Å². The van der Waals surface area contributed by atoms with Gasteiger partial charge in [-0.2, -0.15) is 0 Å². The average Bonchev–Trinajstić information content (AvgIpc) is 3.28. The highest BCUT2D eigenvalue weighted by Crippen LogP contribution is 2.13. The summed E-state index contributed by atoms with van der Waals surface area (Å²) in [6.07, 6.45) is -0.674. The van der Waals surface area contributed by atoms with Gasteiger partial charge in [-0.05, 0) is 82.1 Å². The van der Waals surface area contributed by atoms with Crippen molar-refractivity contribution in [3.8, 4) is 0 Å². The first-order valence-electron chi connectivity index (χ1n) is 24.4. The van der Waals surface area contributed by atoms with Crippen LogP contribution in [0.25, 0.3) is 0 Å². The zero-order valence-corrected chi connectivity index (χ0v) is 43.1. The number of carbonyl (C=O) groups excluding carboxylic acids is 10. The molecule has 0 fully saturated rings. The summed E-state index contributed by atoms with van der Waals surface area (Å²) in [7, 11) is 0. The molecule has 0 aliphatic rings. The van der Waals surface area contributed by atoms with E-state index >= 15 is 0 Å². The van der Waals surface area contributed by atoms with Crippen molar-refractivity contribution in [1.29, 1.82) is 0 Å². The second-order valence-electron chi connectivity index (χ2n) is 19.1. The number of carbonyl (C=O) groups is 12. The summed E-state index contributed by atoms with van der Waals surface area (Å²) in [5.41, 5.74) is 22.0. The second-order valence-corrected chi connectivity index (χ2v) is 19.1. The predicted octanol–water partition coefficient (Wildman–Crippen LogP) is -2.77. The molecule has 0 saturated heterocycles. The van der Waals surface area contributed by atoms with Gasteiger partial charge in [0, 0.05) is 19.3 Å². The van der Waals surface area contributed by atoms with E-state index in [-0.39, 0.29) is 44.6 Å². The Balaban J connectivity index is 6.44. The molecule has 0 aliphatic heterocycles. The van der Waals surface area contributed by atoms with Gasteiger partial charge in [0.25, 0.3) is 0 Å². The van der Waals surface area contributed by atoms with Crippen LogP contribution in [0, 0.1) is 23.7 Å². The van der Waals surface area contributed by atoms with Crippen molar-refractivity contribution in [2.75, 3.05) is 6.54 Å². The summed E-state index contributed by atoms with van der Waals surface area (Å²) in [5, 5.41) is 39.2. The molecule has 0 aliphatic carbocycles. The number of nitrogens with one attached hydrogen (secondary N) is 8. The molecule has 0 unspecified atom stereocenters. The van der Waals surface area contributed by atoms with E-state index in [0.29, 0.717) is 19.3 Å². The molecule has 26 nitrogen and oxygen atoms in total. The number of hydrogen-bond acceptors (Lipinski definition) is 14. The molecule has 410 valence electrons. The van der Waals surface area contributed by atoms with Crippen molar-refractivity contribution < 1.29 is 67.7 Å². The first-order chi connectivity index (χ1) is 33.5. The van der Waals surface area contributed by atoms with Gasteiger partial charge in [-0.1, -0.05) is 61.8 Å². The monoisotopic (exact) mass is 1030 g/mol. The van der Waals surface area contributed by atoms with Gasteiger partial charge in [-0.3, -0.25) is 52.7 Å². The number of amides is 10. The zero-order valence-electron chi connectivity index (χ0n) is 43.1. The fourth-order valence-corrected chi connectivity index (χ4v) is 6.98. The van der Waals surface area contributed by atoms with Crippen molar-refractivity contribution in [2.45, 2.75) is 187 Å². The number of primary amides is 2. The number of aliphatic carboxylic acids is 2. The van der Waals surface area contributed by atoms with Crippen LogP contribution in [0.5, 0.6) is 0 Å². The Morgan fingerprint density at radius 2 is 0.861 bits per heavy atom. The molecule has 0 aromatic carbocycles. The summed E-state index contributed by atoms with van der Waals surface area (Å²) in [5.74, 6) is -13.0. The van der Waals surface area contributed by atoms with Gasteiger partial charge < -0.3 is 75.7 Å². The number of carboxylic acid groups (broad SMARTS) is 2. The molecule has 0 bridgehead atoms. The fourth-order valence-electron chi connectivity index (χ4n) is 6.98. The Morgan fingerprint density at radius 1 is 0.458 bits per heavy atom. The van der Waals surface area contributed by atoms with E-state index in [0.717, 1.165) is 0 Å². The standard InChI is InChI=1S/C46H82N12O14/c1-10-25(8)37(46(71)72)58-41(66)28(13-11-12-20-47)53-40(65)29(15-18-33(50)60)54-44(69)35(23(4)5)57-45(70)36(24(6)7)56-42(67)30(16-19-34(61)62)52-38(63)26(9)51-43(68)31(21-22(2)3)55-39(64)27(48)14-17-32(49)59/h22-31,35-37H,10-21,47-48H2,1-9H3,(H2,49,59)(H2,50,60)(H,51,68)(H,52,63)(H,53,65)(H,54,69)(H,55,64)(H,56,67)(H,57,70)(H,58,66)(H,61,62)(H,71,72)/t25-,26-,27-,28-,29-,30-,31-,35-,36-,37-/m0/s1. The maximum Gasteiger partial charge on any atom is 0.326 e. The van der Waals surface area contributed by atoms with Gasteiger partial charge in [-0.15, -0.1) is 0 Å². The molecule has 0 rings (SSSR count). The van der Waals surface area contributed by atoms with Gasteiger partial charge in [0.2, 0.25) is 59.1 Å². The zero-order chi connectivity index (χ0) is 55.6. The predicted molar refractivity (Wildman–Crippen MR) is 262 cm³/mol. The minimum absolute atomic E-state index is 0.0416. The van der Waals surface area contributed by atoms with E-state index in [4.69, 9.17) is 22.9 Å². The third-order valence-corrected chi connectivity index (χ3v) is 11.6. The lowest BCUT2D eigenvalue weighted by atomic mass is 9.98. The Labute approximate surface area is 420 Å². The molecule has 0 aromatic heterocycles. The lowest BCUT2D eigenvalue weighted by Crippen LogP contribution is -2.61. The maximum atomic E-state index is 14.0. The van der Waals surface area contributed by atoms with Crippen LogP contribution in [0.3, 0.4) is 0 Å². The molecule has 18 N–H and O–H groups in total. The van der Waals surface area contributed by atoms with Crippen LogP contribution in [0.4, 0.5) is 0 Å². The number of rotatable bonds is 36. The molecule has 26 heteroatoms. The summed E-state index contributed by atoms with van der Waals surface area (Å²) in [6, 6.07) is -12.1. The SMILES string of the molecule is CC[C@H](C)[C@H](NC(=O)[C@H](CCCCN)NC(=O)[C@H](CCC(N)=O)NC(=O)[C@@H](NC(=O)[C@@H](NC(=O)[C@H](CCC(=O)O)NC(=O)[C@H](C)NC(=O)[C@H](CC(C)C)NC(=O)[C@@H](N)CCC(N)=O)C(C)C)C(C)C)C(=O)O. The Hall–Kier alpha value is -6.44. The van der Waals surface area contributed by atoms with E-state index < -0.39 is 162 Å². The molecule has 10 atom stereocenters.